The van der Waals surface area contributed by atoms with Crippen LogP contribution in [-0.2, 0) is 14.0 Å². The van der Waals surface area contributed by atoms with Crippen molar-refractivity contribution in [3.63, 3.8) is 0 Å². The van der Waals surface area contributed by atoms with Crippen molar-refractivity contribution in [2.45, 2.75) is 68.2 Å². The Morgan fingerprint density at radius 3 is 1.14 bits per heavy atom. The van der Waals surface area contributed by atoms with E-state index in [2.05, 4.69) is 136 Å². The second-order valence-corrected chi connectivity index (χ2v) is 26.8. The van der Waals surface area contributed by atoms with Crippen molar-refractivity contribution in [1.82, 2.24) is 0 Å². The average Bonchev–Trinajstić information content (AvgIpc) is 3.38. The maximum absolute atomic E-state index is 3.90. The van der Waals surface area contributed by atoms with E-state index in [0.29, 0.717) is 0 Å². The summed E-state index contributed by atoms with van der Waals surface area (Å²) in [5.74, 6) is 0. The molecule has 0 nitrogen and oxygen atoms in total. The molecular weight excluding hydrogens is 531 g/mol. The summed E-state index contributed by atoms with van der Waals surface area (Å²) < 4.78 is 6.60. The van der Waals surface area contributed by atoms with Crippen molar-refractivity contribution in [3.8, 4) is 0 Å². The van der Waals surface area contributed by atoms with Crippen molar-refractivity contribution in [3.05, 3.63) is 103 Å². The zero-order valence-corrected chi connectivity index (χ0v) is 28.0. The first-order valence-corrected chi connectivity index (χ1v) is 19.9. The number of benzene rings is 2. The van der Waals surface area contributed by atoms with Gasteiger partial charge in [0.15, 0.2) is 0 Å². The summed E-state index contributed by atoms with van der Waals surface area (Å²) in [6.07, 6.45) is 7.25. The van der Waals surface area contributed by atoms with Gasteiger partial charge in [-0.2, -0.15) is 0 Å². The third kappa shape index (κ3) is 4.88. The molecule has 0 amide bonds. The fraction of sp³-hybridized carbons (Fsp3) is 0.375. The molecule has 0 aromatic heterocycles. The number of halogens is 2. The van der Waals surface area contributed by atoms with Gasteiger partial charge in [-0.1, -0.05) is 0 Å². The summed E-state index contributed by atoms with van der Waals surface area (Å²) in [5, 5.41) is 0. The summed E-state index contributed by atoms with van der Waals surface area (Å²) >= 11 is -3.90. The molecule has 2 aliphatic rings. The van der Waals surface area contributed by atoms with Crippen molar-refractivity contribution in [2.24, 2.45) is 10.8 Å². The van der Waals surface area contributed by atoms with Crippen LogP contribution in [0.5, 0.6) is 0 Å². The fourth-order valence-corrected chi connectivity index (χ4v) is 22.5. The molecule has 2 aliphatic carbocycles. The van der Waals surface area contributed by atoms with Gasteiger partial charge in [-0.15, -0.1) is 24.8 Å². The van der Waals surface area contributed by atoms with E-state index in [4.69, 9.17) is 0 Å². The number of hydrogen-bond donors (Lipinski definition) is 0. The van der Waals surface area contributed by atoms with Gasteiger partial charge in [-0.25, -0.2) is 0 Å². The summed E-state index contributed by atoms with van der Waals surface area (Å²) in [7, 11) is 2.41. The van der Waals surface area contributed by atoms with E-state index in [1.165, 1.54) is 11.1 Å². The van der Waals surface area contributed by atoms with Crippen LogP contribution in [-0.4, -0.2) is 7.63 Å². The molecule has 2 aromatic rings. The van der Waals surface area contributed by atoms with Gasteiger partial charge in [0.1, 0.15) is 0 Å². The van der Waals surface area contributed by atoms with Crippen molar-refractivity contribution in [2.75, 3.05) is 0 Å². The van der Waals surface area contributed by atoms with Gasteiger partial charge in [0.05, 0.1) is 0 Å². The fourth-order valence-electron chi connectivity index (χ4n) is 6.34. The van der Waals surface area contributed by atoms with E-state index in [1.807, 2.05) is 0 Å². The Hall–Kier alpha value is -1.09. The SMILES string of the molecule is CC1=[C]([Ti](=[SiH2])([C]2=C(C)C=C(C(C)(C)C)C2)([c]2ccccc2)[c]2ccccc2)CC(C(C)(C)C)=C1.Cl.Cl. The average molecular weight is 576 g/mol. The Kier molecular flexibility index (Phi) is 9.15. The molecule has 4 heteroatoms. The minimum absolute atomic E-state index is 0. The number of hydrogen-bond acceptors (Lipinski definition) is 0. The van der Waals surface area contributed by atoms with E-state index < -0.39 is 14.0 Å². The van der Waals surface area contributed by atoms with Gasteiger partial charge < -0.3 is 0 Å². The van der Waals surface area contributed by atoms with Crippen LogP contribution in [0.1, 0.15) is 68.2 Å². The molecule has 0 saturated heterocycles. The van der Waals surface area contributed by atoms with Crippen LogP contribution in [0.3, 0.4) is 0 Å². The van der Waals surface area contributed by atoms with Crippen LogP contribution in [0.25, 0.3) is 0 Å². The molecule has 0 aliphatic heterocycles. The number of rotatable bonds is 4. The second kappa shape index (κ2) is 10.6. The minimum atomic E-state index is -3.90. The molecular formula is C32H44Cl2SiTi. The Morgan fingerprint density at radius 1 is 0.583 bits per heavy atom. The summed E-state index contributed by atoms with van der Waals surface area (Å²) in [6, 6.07) is 23.2. The molecule has 0 unspecified atom stereocenters. The maximum atomic E-state index is 2.53. The molecule has 0 radical (unpaired) electrons. The summed E-state index contributed by atoms with van der Waals surface area (Å²) in [6.45, 7) is 19.0. The molecule has 0 fully saturated rings. The molecule has 36 heavy (non-hydrogen) atoms. The Balaban J connectivity index is 0.00000228. The van der Waals surface area contributed by atoms with Crippen LogP contribution in [0, 0.1) is 10.8 Å². The topological polar surface area (TPSA) is 0 Å². The normalized spacial score (nSPS) is 16.9. The first-order chi connectivity index (χ1) is 15.8. The Labute approximate surface area is 234 Å². The van der Waals surface area contributed by atoms with Gasteiger partial charge >= 0.3 is 211 Å². The van der Waals surface area contributed by atoms with Gasteiger partial charge in [-0.3, -0.25) is 0 Å². The van der Waals surface area contributed by atoms with Crippen LogP contribution in [0.2, 0.25) is 0 Å². The van der Waals surface area contributed by atoms with Crippen LogP contribution in [0.15, 0.2) is 103 Å². The van der Waals surface area contributed by atoms with Crippen LogP contribution >= 0.6 is 24.8 Å². The molecule has 0 bridgehead atoms. The van der Waals surface area contributed by atoms with Gasteiger partial charge in [0, 0.05) is 0 Å². The van der Waals surface area contributed by atoms with E-state index in [-0.39, 0.29) is 35.6 Å². The summed E-state index contributed by atoms with van der Waals surface area (Å²) in [4.78, 5) is 0. The molecule has 0 heterocycles. The molecule has 194 valence electrons. The van der Waals surface area contributed by atoms with E-state index in [0.717, 1.165) is 12.8 Å². The quantitative estimate of drug-likeness (QED) is 0.324. The molecule has 0 atom stereocenters. The molecule has 4 rings (SSSR count). The van der Waals surface area contributed by atoms with Crippen molar-refractivity contribution < 1.29 is 14.0 Å². The van der Waals surface area contributed by atoms with E-state index in [1.54, 1.807) is 26.6 Å². The zero-order valence-electron chi connectivity index (χ0n) is 23.4. The Morgan fingerprint density at radius 2 is 0.889 bits per heavy atom. The monoisotopic (exact) mass is 574 g/mol. The first kappa shape index (κ1) is 31.1. The Bertz CT molecular complexity index is 1210. The molecule has 0 saturated carbocycles. The van der Waals surface area contributed by atoms with E-state index >= 15 is 0 Å². The van der Waals surface area contributed by atoms with Crippen LogP contribution < -0.4 is 7.74 Å². The minimum Gasteiger partial charge on any atom is -0.147 e. The first-order valence-electron chi connectivity index (χ1n) is 12.7. The second-order valence-electron chi connectivity index (χ2n) is 12.7. The van der Waals surface area contributed by atoms with Crippen molar-refractivity contribution >= 4 is 40.2 Å². The largest absolute Gasteiger partial charge is 0.147 e. The third-order valence-electron chi connectivity index (χ3n) is 8.55. The maximum Gasteiger partial charge on any atom is -0.147 e. The van der Waals surface area contributed by atoms with E-state index in [9.17, 15) is 0 Å². The van der Waals surface area contributed by atoms with Gasteiger partial charge in [0.2, 0.25) is 0 Å². The molecule has 0 spiro atoms. The molecule has 2 aromatic carbocycles. The van der Waals surface area contributed by atoms with Crippen LogP contribution in [0.4, 0.5) is 0 Å². The number of allylic oxidation sites excluding steroid dienone is 8. The van der Waals surface area contributed by atoms with Gasteiger partial charge in [0.25, 0.3) is 0 Å². The zero-order chi connectivity index (χ0) is 25.0. The predicted octanol–water partition coefficient (Wildman–Crippen LogP) is 8.02. The predicted molar refractivity (Wildman–Crippen MR) is 165 cm³/mol. The standard InChI is InChI=1S/2C10H15.2C6H5.2ClH.H2Si.Ti/c2*1-8-5-6-9(7-8)10(2,3)4;2*1-2-4-6-5-3-1;;;;/h2*7H,6H2,1-4H3;2*1-5H;2*1H;1H2;. The van der Waals surface area contributed by atoms with Crippen molar-refractivity contribution in [1.29, 1.82) is 0 Å². The smallest absolute Gasteiger partial charge is 0.147 e. The third-order valence-corrected chi connectivity index (χ3v) is 26.4. The molecule has 0 N–H and O–H groups in total. The van der Waals surface area contributed by atoms with Gasteiger partial charge in [-0.05, 0) is 0 Å². The summed E-state index contributed by atoms with van der Waals surface area (Å²) in [5.41, 5.74) is 6.53.